The molecule has 10 nitrogen and oxygen atoms in total. The Labute approximate surface area is 199 Å². The standard InChI is InChI=1S/C22H20ClN5O5S/c1-27-17-9-4-13(10-18(17)28(2)22(27)30)20(29)25-16-11-19(21(33-3)24-12-16)34(31,32)26-15-7-5-14(23)6-8-15/h4-12,26H,1-3H3,(H,25,29). The molecule has 0 aliphatic heterocycles. The Morgan fingerprint density at radius 2 is 1.68 bits per heavy atom. The van der Waals surface area contributed by atoms with E-state index < -0.39 is 15.9 Å². The highest BCUT2D eigenvalue weighted by Crippen LogP contribution is 2.27. The first-order valence-corrected chi connectivity index (χ1v) is 11.8. The second-order valence-electron chi connectivity index (χ2n) is 7.40. The van der Waals surface area contributed by atoms with Crippen LogP contribution in [-0.4, -0.2) is 35.6 Å². The van der Waals surface area contributed by atoms with Crippen molar-refractivity contribution in [2.75, 3.05) is 17.1 Å². The van der Waals surface area contributed by atoms with E-state index >= 15 is 0 Å². The number of imidazole rings is 1. The number of ether oxygens (including phenoxy) is 1. The minimum absolute atomic E-state index is 0.139. The van der Waals surface area contributed by atoms with Gasteiger partial charge in [0, 0.05) is 30.4 Å². The molecule has 0 unspecified atom stereocenters. The first kappa shape index (κ1) is 23.3. The van der Waals surface area contributed by atoms with Crippen LogP contribution >= 0.6 is 11.6 Å². The quantitative estimate of drug-likeness (QED) is 0.418. The van der Waals surface area contributed by atoms with Gasteiger partial charge in [-0.15, -0.1) is 0 Å². The van der Waals surface area contributed by atoms with Crippen LogP contribution in [0.25, 0.3) is 11.0 Å². The highest BCUT2D eigenvalue weighted by atomic mass is 35.5. The summed E-state index contributed by atoms with van der Waals surface area (Å²) in [7, 11) is 0.454. The first-order chi connectivity index (χ1) is 16.1. The molecule has 12 heteroatoms. The zero-order chi connectivity index (χ0) is 24.6. The predicted molar refractivity (Wildman–Crippen MR) is 129 cm³/mol. The highest BCUT2D eigenvalue weighted by molar-refractivity contribution is 7.92. The Hall–Kier alpha value is -3.83. The average molecular weight is 502 g/mol. The number of anilines is 2. The minimum Gasteiger partial charge on any atom is -0.480 e. The van der Waals surface area contributed by atoms with Crippen LogP contribution in [0.3, 0.4) is 0 Å². The normalized spacial score (nSPS) is 11.4. The van der Waals surface area contributed by atoms with E-state index in [0.717, 1.165) is 0 Å². The monoisotopic (exact) mass is 501 g/mol. The van der Waals surface area contributed by atoms with Crippen LogP contribution in [0.2, 0.25) is 5.02 Å². The fraction of sp³-hybridized carbons (Fsp3) is 0.136. The molecular weight excluding hydrogens is 482 g/mol. The van der Waals surface area contributed by atoms with Gasteiger partial charge in [0.1, 0.15) is 0 Å². The number of hydrogen-bond donors (Lipinski definition) is 2. The average Bonchev–Trinajstić information content (AvgIpc) is 3.04. The number of nitrogens with one attached hydrogen (secondary N) is 2. The van der Waals surface area contributed by atoms with Gasteiger partial charge in [0.25, 0.3) is 15.9 Å². The topological polar surface area (TPSA) is 124 Å². The van der Waals surface area contributed by atoms with Gasteiger partial charge in [-0.2, -0.15) is 0 Å². The molecule has 0 radical (unpaired) electrons. The molecule has 2 heterocycles. The summed E-state index contributed by atoms with van der Waals surface area (Å²) in [6.45, 7) is 0. The van der Waals surface area contributed by atoms with E-state index in [9.17, 15) is 18.0 Å². The van der Waals surface area contributed by atoms with Crippen molar-refractivity contribution >= 4 is 49.9 Å². The molecule has 2 N–H and O–H groups in total. The van der Waals surface area contributed by atoms with Crippen LogP contribution in [0.1, 0.15) is 10.4 Å². The Morgan fingerprint density at radius 3 is 2.35 bits per heavy atom. The van der Waals surface area contributed by atoms with E-state index in [2.05, 4.69) is 15.0 Å². The lowest BCUT2D eigenvalue weighted by atomic mass is 10.2. The number of benzene rings is 2. The maximum absolute atomic E-state index is 13.0. The molecule has 0 aliphatic rings. The van der Waals surface area contributed by atoms with Crippen molar-refractivity contribution in [2.45, 2.75) is 4.90 Å². The molecule has 0 fully saturated rings. The van der Waals surface area contributed by atoms with Gasteiger partial charge in [-0.1, -0.05) is 11.6 Å². The maximum Gasteiger partial charge on any atom is 0.328 e. The fourth-order valence-corrected chi connectivity index (χ4v) is 4.76. The van der Waals surface area contributed by atoms with E-state index in [1.165, 1.54) is 40.6 Å². The SMILES string of the molecule is COc1ncc(NC(=O)c2ccc3c(c2)n(C)c(=O)n3C)cc1S(=O)(=O)Nc1ccc(Cl)cc1. The van der Waals surface area contributed by atoms with Gasteiger partial charge in [-0.05, 0) is 48.5 Å². The van der Waals surface area contributed by atoms with Crippen molar-refractivity contribution in [3.63, 3.8) is 0 Å². The molecular formula is C22H20ClN5O5S. The van der Waals surface area contributed by atoms with Crippen molar-refractivity contribution in [2.24, 2.45) is 14.1 Å². The van der Waals surface area contributed by atoms with Gasteiger partial charge in [-0.25, -0.2) is 18.2 Å². The first-order valence-electron chi connectivity index (χ1n) is 9.90. The summed E-state index contributed by atoms with van der Waals surface area (Å²) in [4.78, 5) is 28.8. The Morgan fingerprint density at radius 1 is 1.00 bits per heavy atom. The van der Waals surface area contributed by atoms with Crippen LogP contribution < -0.4 is 20.5 Å². The Bertz CT molecular complexity index is 1580. The molecule has 1 amide bonds. The summed E-state index contributed by atoms with van der Waals surface area (Å²) in [5.74, 6) is -0.639. The van der Waals surface area contributed by atoms with E-state index in [0.29, 0.717) is 21.7 Å². The number of nitrogens with zero attached hydrogens (tertiary/aromatic N) is 3. The third-order valence-electron chi connectivity index (χ3n) is 5.19. The molecule has 4 rings (SSSR count). The smallest absolute Gasteiger partial charge is 0.328 e. The van der Waals surface area contributed by atoms with E-state index in [4.69, 9.17) is 16.3 Å². The van der Waals surface area contributed by atoms with Crippen molar-refractivity contribution in [3.05, 3.63) is 75.8 Å². The number of hydrogen-bond acceptors (Lipinski definition) is 6. The number of fused-ring (bicyclic) bond motifs is 1. The summed E-state index contributed by atoms with van der Waals surface area (Å²) in [5.41, 5.74) is 1.77. The summed E-state index contributed by atoms with van der Waals surface area (Å²) >= 11 is 5.85. The van der Waals surface area contributed by atoms with Gasteiger partial charge in [0.15, 0.2) is 4.90 Å². The molecule has 0 aliphatic carbocycles. The number of carbonyl (C=O) groups excluding carboxylic acids is 1. The second-order valence-corrected chi connectivity index (χ2v) is 9.49. The zero-order valence-electron chi connectivity index (χ0n) is 18.4. The van der Waals surface area contributed by atoms with E-state index in [1.54, 1.807) is 44.4 Å². The second kappa shape index (κ2) is 8.84. The summed E-state index contributed by atoms with van der Waals surface area (Å²) < 4.78 is 36.4. The van der Waals surface area contributed by atoms with Crippen molar-refractivity contribution in [3.8, 4) is 5.88 Å². The minimum atomic E-state index is -4.10. The van der Waals surface area contributed by atoms with Crippen LogP contribution in [0.15, 0.2) is 64.4 Å². The number of sulfonamides is 1. The van der Waals surface area contributed by atoms with Crippen LogP contribution in [0, 0.1) is 0 Å². The molecule has 34 heavy (non-hydrogen) atoms. The molecule has 0 atom stereocenters. The van der Waals surface area contributed by atoms with E-state index in [1.807, 2.05) is 0 Å². The number of aromatic nitrogens is 3. The molecule has 0 spiro atoms. The Balaban J connectivity index is 1.64. The number of methoxy groups -OCH3 is 1. The molecule has 0 saturated heterocycles. The van der Waals surface area contributed by atoms with E-state index in [-0.39, 0.29) is 27.7 Å². The number of carbonyl (C=O) groups is 1. The largest absolute Gasteiger partial charge is 0.480 e. The highest BCUT2D eigenvalue weighted by Gasteiger charge is 2.23. The molecule has 4 aromatic rings. The van der Waals surface area contributed by atoms with Crippen LogP contribution in [0.4, 0.5) is 11.4 Å². The van der Waals surface area contributed by atoms with Crippen LogP contribution in [0.5, 0.6) is 5.88 Å². The molecule has 2 aromatic heterocycles. The number of rotatable bonds is 6. The van der Waals surface area contributed by atoms with Gasteiger partial charge >= 0.3 is 5.69 Å². The lowest BCUT2D eigenvalue weighted by Crippen LogP contribution is -2.19. The van der Waals surface area contributed by atoms with Gasteiger partial charge in [0.05, 0.1) is 30.0 Å². The third-order valence-corrected chi connectivity index (χ3v) is 6.82. The molecule has 176 valence electrons. The number of pyridine rings is 1. The van der Waals surface area contributed by atoms with Gasteiger partial charge < -0.3 is 10.1 Å². The number of aryl methyl sites for hydroxylation is 2. The van der Waals surface area contributed by atoms with Crippen molar-refractivity contribution in [1.29, 1.82) is 0 Å². The lowest BCUT2D eigenvalue weighted by Gasteiger charge is -2.13. The third kappa shape index (κ3) is 4.35. The van der Waals surface area contributed by atoms with Crippen LogP contribution in [-0.2, 0) is 24.1 Å². The summed E-state index contributed by atoms with van der Waals surface area (Å²) in [6.07, 6.45) is 1.29. The zero-order valence-corrected chi connectivity index (χ0v) is 19.9. The van der Waals surface area contributed by atoms with Gasteiger partial charge in [0.2, 0.25) is 5.88 Å². The van der Waals surface area contributed by atoms with Gasteiger partial charge in [-0.3, -0.25) is 18.7 Å². The Kier molecular flexibility index (Phi) is 6.07. The lowest BCUT2D eigenvalue weighted by molar-refractivity contribution is 0.102. The number of amides is 1. The summed E-state index contributed by atoms with van der Waals surface area (Å²) in [6, 6.07) is 12.2. The van der Waals surface area contributed by atoms with Crippen molar-refractivity contribution in [1.82, 2.24) is 14.1 Å². The maximum atomic E-state index is 13.0. The molecule has 0 bridgehead atoms. The van der Waals surface area contributed by atoms with Crippen molar-refractivity contribution < 1.29 is 17.9 Å². The summed E-state index contributed by atoms with van der Waals surface area (Å²) in [5, 5.41) is 3.10. The fourth-order valence-electron chi connectivity index (χ4n) is 3.43. The molecule has 0 saturated carbocycles. The predicted octanol–water partition coefficient (Wildman–Crippen LogP) is 2.99. The number of halogens is 1. The molecule has 2 aromatic carbocycles.